The maximum Gasteiger partial charge on any atom is 0.194 e. The highest BCUT2D eigenvalue weighted by Gasteiger charge is 2.02. The fraction of sp³-hybridized carbons (Fsp3) is 0.300. The second kappa shape index (κ2) is 4.35. The van der Waals surface area contributed by atoms with Gasteiger partial charge in [0.2, 0.25) is 0 Å². The van der Waals surface area contributed by atoms with Crippen molar-refractivity contribution in [3.8, 4) is 0 Å². The number of aromatic nitrogens is 4. The first-order valence-corrected chi connectivity index (χ1v) is 5.17. The fourth-order valence-corrected chi connectivity index (χ4v) is 1.56. The van der Waals surface area contributed by atoms with E-state index in [1.165, 1.54) is 5.56 Å². The summed E-state index contributed by atoms with van der Waals surface area (Å²) in [6.07, 6.45) is 5.46. The summed E-state index contributed by atoms with van der Waals surface area (Å²) in [5.41, 5.74) is 1.21. The number of H-pyrrole nitrogens is 1. The van der Waals surface area contributed by atoms with E-state index in [-0.39, 0.29) is 0 Å². The van der Waals surface area contributed by atoms with Crippen LogP contribution in [0.15, 0.2) is 24.5 Å². The van der Waals surface area contributed by atoms with Crippen LogP contribution in [-0.4, -0.2) is 19.7 Å². The number of rotatable bonds is 3. The minimum atomic E-state index is 0.663. The van der Waals surface area contributed by atoms with Crippen molar-refractivity contribution in [3.05, 3.63) is 40.7 Å². The van der Waals surface area contributed by atoms with Crippen molar-refractivity contribution in [2.75, 3.05) is 0 Å². The van der Waals surface area contributed by atoms with Crippen molar-refractivity contribution in [2.24, 2.45) is 7.05 Å². The zero-order valence-electron chi connectivity index (χ0n) is 8.47. The standard InChI is InChI=1S/C10H12N4S/c1-14-9(12-13-10(14)15)5-4-8-3-2-6-11-7-8/h2-3,6-7H,4-5H2,1H3,(H,13,15). The van der Waals surface area contributed by atoms with Crippen molar-refractivity contribution in [2.45, 2.75) is 12.8 Å². The van der Waals surface area contributed by atoms with Gasteiger partial charge in [0, 0.05) is 25.9 Å². The molecule has 0 unspecified atom stereocenters. The maximum absolute atomic E-state index is 5.04. The van der Waals surface area contributed by atoms with Crippen LogP contribution in [0.3, 0.4) is 0 Å². The van der Waals surface area contributed by atoms with E-state index in [4.69, 9.17) is 12.2 Å². The number of nitrogens with one attached hydrogen (secondary N) is 1. The van der Waals surface area contributed by atoms with Gasteiger partial charge in [-0.2, -0.15) is 5.10 Å². The summed E-state index contributed by atoms with van der Waals surface area (Å²) in [7, 11) is 1.92. The number of hydrogen-bond acceptors (Lipinski definition) is 3. The van der Waals surface area contributed by atoms with Crippen molar-refractivity contribution in [1.29, 1.82) is 0 Å². The van der Waals surface area contributed by atoms with Crippen LogP contribution in [0.4, 0.5) is 0 Å². The summed E-state index contributed by atoms with van der Waals surface area (Å²) in [4.78, 5) is 4.07. The predicted molar refractivity (Wildman–Crippen MR) is 60.0 cm³/mol. The van der Waals surface area contributed by atoms with Crippen LogP contribution in [0.1, 0.15) is 11.4 Å². The summed E-state index contributed by atoms with van der Waals surface area (Å²) in [5.74, 6) is 0.976. The minimum absolute atomic E-state index is 0.663. The molecule has 78 valence electrons. The van der Waals surface area contributed by atoms with Crippen LogP contribution in [0.25, 0.3) is 0 Å². The summed E-state index contributed by atoms with van der Waals surface area (Å²) in [6, 6.07) is 4.01. The first-order valence-electron chi connectivity index (χ1n) is 4.76. The van der Waals surface area contributed by atoms with Crippen molar-refractivity contribution in [1.82, 2.24) is 19.7 Å². The molecule has 0 aliphatic rings. The first-order chi connectivity index (χ1) is 7.27. The van der Waals surface area contributed by atoms with Gasteiger partial charge in [-0.25, -0.2) is 0 Å². The molecule has 2 heterocycles. The highest BCUT2D eigenvalue weighted by molar-refractivity contribution is 7.71. The highest BCUT2D eigenvalue weighted by atomic mass is 32.1. The van der Waals surface area contributed by atoms with E-state index in [9.17, 15) is 0 Å². The molecule has 5 heteroatoms. The van der Waals surface area contributed by atoms with Crippen LogP contribution in [0.5, 0.6) is 0 Å². The monoisotopic (exact) mass is 220 g/mol. The van der Waals surface area contributed by atoms with Gasteiger partial charge in [0.15, 0.2) is 4.77 Å². The Kier molecular flexibility index (Phi) is 2.91. The Bertz CT molecular complexity index is 486. The van der Waals surface area contributed by atoms with Gasteiger partial charge in [-0.05, 0) is 30.3 Å². The normalized spacial score (nSPS) is 10.5. The molecule has 0 bridgehead atoms. The molecule has 0 radical (unpaired) electrons. The molecule has 0 saturated carbocycles. The molecule has 2 aromatic rings. The number of aryl methyl sites for hydroxylation is 2. The average molecular weight is 220 g/mol. The van der Waals surface area contributed by atoms with E-state index in [0.29, 0.717) is 4.77 Å². The zero-order valence-corrected chi connectivity index (χ0v) is 9.29. The van der Waals surface area contributed by atoms with Gasteiger partial charge in [-0.1, -0.05) is 6.07 Å². The molecular weight excluding hydrogens is 208 g/mol. The van der Waals surface area contributed by atoms with Gasteiger partial charge in [-0.3, -0.25) is 10.1 Å². The molecule has 0 spiro atoms. The Labute approximate surface area is 93.0 Å². The van der Waals surface area contributed by atoms with E-state index in [2.05, 4.69) is 21.2 Å². The summed E-state index contributed by atoms with van der Waals surface area (Å²) in [5, 5.41) is 6.93. The Morgan fingerprint density at radius 1 is 1.47 bits per heavy atom. The quantitative estimate of drug-likeness (QED) is 0.800. The Balaban J connectivity index is 2.06. The van der Waals surface area contributed by atoms with Gasteiger partial charge in [0.1, 0.15) is 5.82 Å². The maximum atomic E-state index is 5.04. The average Bonchev–Trinajstić information content (AvgIpc) is 2.59. The van der Waals surface area contributed by atoms with E-state index in [1.54, 1.807) is 6.20 Å². The van der Waals surface area contributed by atoms with Crippen LogP contribution < -0.4 is 0 Å². The zero-order chi connectivity index (χ0) is 10.7. The summed E-state index contributed by atoms with van der Waals surface area (Å²) in [6.45, 7) is 0. The Hall–Kier alpha value is -1.49. The molecule has 0 fully saturated rings. The topological polar surface area (TPSA) is 46.5 Å². The third-order valence-corrected chi connectivity index (χ3v) is 2.70. The number of aromatic amines is 1. The molecule has 0 amide bonds. The van der Waals surface area contributed by atoms with Crippen LogP contribution >= 0.6 is 12.2 Å². The molecular formula is C10H12N4S. The van der Waals surface area contributed by atoms with Gasteiger partial charge in [-0.15, -0.1) is 0 Å². The van der Waals surface area contributed by atoms with E-state index >= 15 is 0 Å². The van der Waals surface area contributed by atoms with Crippen molar-refractivity contribution in [3.63, 3.8) is 0 Å². The van der Waals surface area contributed by atoms with Crippen molar-refractivity contribution < 1.29 is 0 Å². The fourth-order valence-electron chi connectivity index (χ4n) is 1.41. The largest absolute Gasteiger partial charge is 0.307 e. The molecule has 0 aliphatic carbocycles. The first kappa shape index (κ1) is 10.0. The lowest BCUT2D eigenvalue weighted by Gasteiger charge is -2.00. The lowest BCUT2D eigenvalue weighted by Crippen LogP contribution is -2.00. The molecule has 2 aromatic heterocycles. The molecule has 0 aromatic carbocycles. The van der Waals surface area contributed by atoms with Gasteiger partial charge >= 0.3 is 0 Å². The number of nitrogens with zero attached hydrogens (tertiary/aromatic N) is 3. The smallest absolute Gasteiger partial charge is 0.194 e. The molecule has 0 saturated heterocycles. The SMILES string of the molecule is Cn1c(CCc2cccnc2)n[nH]c1=S. The molecule has 1 N–H and O–H groups in total. The Morgan fingerprint density at radius 3 is 2.93 bits per heavy atom. The van der Waals surface area contributed by atoms with Gasteiger partial charge < -0.3 is 4.57 Å². The van der Waals surface area contributed by atoms with E-state index in [0.717, 1.165) is 18.7 Å². The Morgan fingerprint density at radius 2 is 2.33 bits per heavy atom. The third-order valence-electron chi connectivity index (χ3n) is 2.33. The third kappa shape index (κ3) is 2.30. The van der Waals surface area contributed by atoms with Crippen molar-refractivity contribution >= 4 is 12.2 Å². The molecule has 0 atom stereocenters. The second-order valence-corrected chi connectivity index (χ2v) is 3.75. The number of hydrogen-bond donors (Lipinski definition) is 1. The van der Waals surface area contributed by atoms with E-state index in [1.807, 2.05) is 23.9 Å². The molecule has 4 nitrogen and oxygen atoms in total. The summed E-state index contributed by atoms with van der Waals surface area (Å²) >= 11 is 5.04. The number of pyridine rings is 1. The highest BCUT2D eigenvalue weighted by Crippen LogP contribution is 2.03. The van der Waals surface area contributed by atoms with Gasteiger partial charge in [0.25, 0.3) is 0 Å². The van der Waals surface area contributed by atoms with E-state index < -0.39 is 0 Å². The lowest BCUT2D eigenvalue weighted by molar-refractivity contribution is 0.763. The summed E-state index contributed by atoms with van der Waals surface area (Å²) < 4.78 is 2.56. The molecule has 2 rings (SSSR count). The van der Waals surface area contributed by atoms with Crippen LogP contribution in [0, 0.1) is 4.77 Å². The lowest BCUT2D eigenvalue weighted by atomic mass is 10.1. The second-order valence-electron chi connectivity index (χ2n) is 3.37. The molecule has 0 aliphatic heterocycles. The van der Waals surface area contributed by atoms with Gasteiger partial charge in [0.05, 0.1) is 0 Å². The molecule has 15 heavy (non-hydrogen) atoms. The van der Waals surface area contributed by atoms with Crippen LogP contribution in [0.2, 0.25) is 0 Å². The predicted octanol–water partition coefficient (Wildman–Crippen LogP) is 1.66. The van der Waals surface area contributed by atoms with Crippen LogP contribution in [-0.2, 0) is 19.9 Å². The minimum Gasteiger partial charge on any atom is -0.307 e.